The van der Waals surface area contributed by atoms with Crippen molar-refractivity contribution in [3.8, 4) is 0 Å². The van der Waals surface area contributed by atoms with E-state index in [9.17, 15) is 4.79 Å². The first-order chi connectivity index (χ1) is 8.72. The van der Waals surface area contributed by atoms with E-state index >= 15 is 0 Å². The lowest BCUT2D eigenvalue weighted by Gasteiger charge is -2.15. The Morgan fingerprint density at radius 3 is 2.83 bits per heavy atom. The van der Waals surface area contributed by atoms with E-state index in [2.05, 4.69) is 5.32 Å². The van der Waals surface area contributed by atoms with Gasteiger partial charge in [0, 0.05) is 6.54 Å². The van der Waals surface area contributed by atoms with Crippen LogP contribution in [0.3, 0.4) is 0 Å². The van der Waals surface area contributed by atoms with E-state index in [-0.39, 0.29) is 0 Å². The Labute approximate surface area is 108 Å². The zero-order chi connectivity index (χ0) is 13.0. The lowest BCUT2D eigenvalue weighted by Crippen LogP contribution is -2.14. The Morgan fingerprint density at radius 1 is 1.44 bits per heavy atom. The molecule has 4 nitrogen and oxygen atoms in total. The number of ether oxygens (including phenoxy) is 1. The van der Waals surface area contributed by atoms with Crippen LogP contribution in [0.4, 0.5) is 11.4 Å². The zero-order valence-corrected chi connectivity index (χ0v) is 10.7. The van der Waals surface area contributed by atoms with Crippen molar-refractivity contribution in [2.75, 3.05) is 24.7 Å². The molecule has 3 N–H and O–H groups in total. The molecule has 0 saturated heterocycles. The highest BCUT2D eigenvalue weighted by molar-refractivity contribution is 5.98. The Hall–Kier alpha value is -1.71. The van der Waals surface area contributed by atoms with Gasteiger partial charge in [-0.25, -0.2) is 4.79 Å². The van der Waals surface area contributed by atoms with Crippen molar-refractivity contribution in [3.05, 3.63) is 23.8 Å². The number of nitrogens with one attached hydrogen (secondary N) is 1. The van der Waals surface area contributed by atoms with Gasteiger partial charge in [0.05, 0.1) is 24.0 Å². The molecule has 0 aliphatic heterocycles. The maximum absolute atomic E-state index is 11.5. The highest BCUT2D eigenvalue weighted by Crippen LogP contribution is 2.27. The average molecular weight is 248 g/mol. The summed E-state index contributed by atoms with van der Waals surface area (Å²) in [5.41, 5.74) is 7.70. The predicted molar refractivity (Wildman–Crippen MR) is 72.6 cm³/mol. The molecule has 1 aliphatic rings. The number of hydrogen-bond donors (Lipinski definition) is 2. The summed E-state index contributed by atoms with van der Waals surface area (Å²) in [6, 6.07) is 5.40. The first-order valence-electron chi connectivity index (χ1n) is 6.43. The molecule has 1 aromatic rings. The minimum Gasteiger partial charge on any atom is -0.465 e. The standard InChI is InChI=1S/C14H20N2O2/c1-18-14(17)11-7-4-8-12(13(11)15)16-9-10-5-2-3-6-10/h4,7-8,10,16H,2-3,5-6,9,15H2,1H3. The molecule has 0 aromatic heterocycles. The van der Waals surface area contributed by atoms with Crippen LogP contribution in [0.1, 0.15) is 36.0 Å². The van der Waals surface area contributed by atoms with Gasteiger partial charge in [-0.05, 0) is 30.9 Å². The lowest BCUT2D eigenvalue weighted by molar-refractivity contribution is 0.0602. The summed E-state index contributed by atoms with van der Waals surface area (Å²) >= 11 is 0. The molecule has 0 bridgehead atoms. The van der Waals surface area contributed by atoms with E-state index in [1.807, 2.05) is 12.1 Å². The fourth-order valence-corrected chi connectivity index (χ4v) is 2.48. The van der Waals surface area contributed by atoms with Crippen molar-refractivity contribution in [3.63, 3.8) is 0 Å². The number of carbonyl (C=O) groups is 1. The maximum Gasteiger partial charge on any atom is 0.340 e. The van der Waals surface area contributed by atoms with E-state index in [0.717, 1.165) is 18.2 Å². The van der Waals surface area contributed by atoms with Crippen LogP contribution >= 0.6 is 0 Å². The molecular formula is C14H20N2O2. The molecule has 0 radical (unpaired) electrons. The lowest BCUT2D eigenvalue weighted by atomic mass is 10.1. The average Bonchev–Trinajstić information content (AvgIpc) is 2.90. The highest BCUT2D eigenvalue weighted by Gasteiger charge is 2.16. The fraction of sp³-hybridized carbons (Fsp3) is 0.500. The van der Waals surface area contributed by atoms with Crippen LogP contribution < -0.4 is 11.1 Å². The molecule has 1 aliphatic carbocycles. The molecule has 1 fully saturated rings. The van der Waals surface area contributed by atoms with Gasteiger partial charge in [0.25, 0.3) is 0 Å². The van der Waals surface area contributed by atoms with E-state index in [1.165, 1.54) is 32.8 Å². The third-order valence-electron chi connectivity index (χ3n) is 3.57. The summed E-state index contributed by atoms with van der Waals surface area (Å²) in [5, 5.41) is 3.34. The third-order valence-corrected chi connectivity index (χ3v) is 3.57. The second-order valence-electron chi connectivity index (χ2n) is 4.79. The number of para-hydroxylation sites is 1. The Morgan fingerprint density at radius 2 is 2.17 bits per heavy atom. The Kier molecular flexibility index (Phi) is 4.07. The maximum atomic E-state index is 11.5. The summed E-state index contributed by atoms with van der Waals surface area (Å²) in [6.45, 7) is 0.925. The van der Waals surface area contributed by atoms with Gasteiger partial charge in [-0.3, -0.25) is 0 Å². The first-order valence-corrected chi connectivity index (χ1v) is 6.43. The number of rotatable bonds is 4. The van der Waals surface area contributed by atoms with Crippen LogP contribution in [-0.2, 0) is 4.74 Å². The number of nitrogen functional groups attached to an aromatic ring is 1. The van der Waals surface area contributed by atoms with Crippen molar-refractivity contribution in [1.82, 2.24) is 0 Å². The van der Waals surface area contributed by atoms with Crippen molar-refractivity contribution >= 4 is 17.3 Å². The number of methoxy groups -OCH3 is 1. The van der Waals surface area contributed by atoms with Crippen LogP contribution in [0, 0.1) is 5.92 Å². The van der Waals surface area contributed by atoms with Crippen LogP contribution in [0.5, 0.6) is 0 Å². The summed E-state index contributed by atoms with van der Waals surface area (Å²) in [7, 11) is 1.36. The monoisotopic (exact) mass is 248 g/mol. The number of esters is 1. The molecule has 98 valence electrons. The molecule has 18 heavy (non-hydrogen) atoms. The largest absolute Gasteiger partial charge is 0.465 e. The summed E-state index contributed by atoms with van der Waals surface area (Å²) in [4.78, 5) is 11.5. The zero-order valence-electron chi connectivity index (χ0n) is 10.7. The smallest absolute Gasteiger partial charge is 0.340 e. The van der Waals surface area contributed by atoms with Gasteiger partial charge in [0.15, 0.2) is 0 Å². The fourth-order valence-electron chi connectivity index (χ4n) is 2.48. The molecule has 1 saturated carbocycles. The highest BCUT2D eigenvalue weighted by atomic mass is 16.5. The number of hydrogen-bond acceptors (Lipinski definition) is 4. The van der Waals surface area contributed by atoms with Crippen LogP contribution in [-0.4, -0.2) is 19.6 Å². The van der Waals surface area contributed by atoms with E-state index in [0.29, 0.717) is 11.3 Å². The summed E-state index contributed by atoms with van der Waals surface area (Å²) in [5.74, 6) is 0.336. The third kappa shape index (κ3) is 2.75. The molecular weight excluding hydrogens is 228 g/mol. The minimum absolute atomic E-state index is 0.392. The van der Waals surface area contributed by atoms with Gasteiger partial charge in [0.1, 0.15) is 0 Å². The van der Waals surface area contributed by atoms with Crippen molar-refractivity contribution in [2.45, 2.75) is 25.7 Å². The second-order valence-corrected chi connectivity index (χ2v) is 4.79. The van der Waals surface area contributed by atoms with Gasteiger partial charge in [-0.15, -0.1) is 0 Å². The second kappa shape index (κ2) is 5.76. The van der Waals surface area contributed by atoms with Crippen molar-refractivity contribution < 1.29 is 9.53 Å². The number of benzene rings is 1. The molecule has 0 amide bonds. The van der Waals surface area contributed by atoms with Gasteiger partial charge in [-0.1, -0.05) is 18.9 Å². The Bertz CT molecular complexity index is 426. The quantitative estimate of drug-likeness (QED) is 0.635. The summed E-state index contributed by atoms with van der Waals surface area (Å²) in [6.07, 6.45) is 5.21. The van der Waals surface area contributed by atoms with Crippen molar-refractivity contribution in [1.29, 1.82) is 0 Å². The Balaban J connectivity index is 2.05. The van der Waals surface area contributed by atoms with E-state index in [4.69, 9.17) is 10.5 Å². The van der Waals surface area contributed by atoms with Crippen LogP contribution in [0.15, 0.2) is 18.2 Å². The SMILES string of the molecule is COC(=O)c1cccc(NCC2CCCC2)c1N. The van der Waals surface area contributed by atoms with Gasteiger partial charge >= 0.3 is 5.97 Å². The number of nitrogens with two attached hydrogens (primary N) is 1. The first kappa shape index (κ1) is 12.7. The molecule has 1 aromatic carbocycles. The van der Waals surface area contributed by atoms with Crippen LogP contribution in [0.25, 0.3) is 0 Å². The van der Waals surface area contributed by atoms with E-state index < -0.39 is 5.97 Å². The molecule has 4 heteroatoms. The van der Waals surface area contributed by atoms with E-state index in [1.54, 1.807) is 6.07 Å². The van der Waals surface area contributed by atoms with Gasteiger partial charge in [-0.2, -0.15) is 0 Å². The summed E-state index contributed by atoms with van der Waals surface area (Å²) < 4.78 is 4.70. The molecule has 0 unspecified atom stereocenters. The van der Waals surface area contributed by atoms with Gasteiger partial charge < -0.3 is 15.8 Å². The predicted octanol–water partition coefficient (Wildman–Crippen LogP) is 2.66. The number of carbonyl (C=O) groups excluding carboxylic acids is 1. The normalized spacial score (nSPS) is 15.6. The molecule has 0 heterocycles. The number of anilines is 2. The topological polar surface area (TPSA) is 64.3 Å². The molecule has 0 spiro atoms. The molecule has 2 rings (SSSR count). The molecule has 0 atom stereocenters. The van der Waals surface area contributed by atoms with Gasteiger partial charge in [0.2, 0.25) is 0 Å². The van der Waals surface area contributed by atoms with Crippen LogP contribution in [0.2, 0.25) is 0 Å². The minimum atomic E-state index is -0.392. The van der Waals surface area contributed by atoms with Crippen molar-refractivity contribution in [2.24, 2.45) is 5.92 Å².